The Hall–Kier alpha value is -2.00. The van der Waals surface area contributed by atoms with E-state index < -0.39 is 0 Å². The van der Waals surface area contributed by atoms with E-state index in [-0.39, 0.29) is 28.2 Å². The molecule has 3 rings (SSSR count). The van der Waals surface area contributed by atoms with Crippen LogP contribution in [0.1, 0.15) is 36.7 Å². The number of nitrogens with zero attached hydrogens (tertiary/aromatic N) is 1. The lowest BCUT2D eigenvalue weighted by Crippen LogP contribution is -3.00. The average molecular weight is 384 g/mol. The first-order valence-corrected chi connectivity index (χ1v) is 7.95. The zero-order chi connectivity index (χ0) is 16.4. The summed E-state index contributed by atoms with van der Waals surface area (Å²) in [6, 6.07) is 18.2. The van der Waals surface area contributed by atoms with Gasteiger partial charge < -0.3 is 17.0 Å². The summed E-state index contributed by atoms with van der Waals surface area (Å²) in [4.78, 5) is 12.5. The van der Waals surface area contributed by atoms with Crippen LogP contribution in [0.4, 0.5) is 0 Å². The number of benzene rings is 2. The first-order valence-electron chi connectivity index (χ1n) is 7.95. The van der Waals surface area contributed by atoms with Crippen molar-refractivity contribution in [2.75, 3.05) is 0 Å². The topological polar surface area (TPSA) is 20.9 Å². The number of aromatic nitrogens is 1. The van der Waals surface area contributed by atoms with Gasteiger partial charge in [0.25, 0.3) is 0 Å². The summed E-state index contributed by atoms with van der Waals surface area (Å²) in [5, 5.41) is 2.26. The Morgan fingerprint density at radius 3 is 2.17 bits per heavy atom. The molecule has 0 unspecified atom stereocenters. The van der Waals surface area contributed by atoms with Crippen LogP contribution in [-0.4, -0.2) is 5.78 Å². The van der Waals surface area contributed by atoms with Gasteiger partial charge in [0.05, 0.1) is 0 Å². The highest BCUT2D eigenvalue weighted by atomic mass is 79.9. The Balaban J connectivity index is 0.00000208. The van der Waals surface area contributed by atoms with Gasteiger partial charge in [0.2, 0.25) is 12.3 Å². The molecule has 0 amide bonds. The average Bonchev–Trinajstić information content (AvgIpc) is 2.54. The van der Waals surface area contributed by atoms with Crippen LogP contribution in [0, 0.1) is 0 Å². The third-order valence-corrected chi connectivity index (χ3v) is 4.15. The van der Waals surface area contributed by atoms with E-state index in [1.807, 2.05) is 53.4 Å². The molecule has 0 radical (unpaired) electrons. The highest BCUT2D eigenvalue weighted by molar-refractivity contribution is 5.99. The molecular weight excluding hydrogens is 362 g/mol. The zero-order valence-electron chi connectivity index (χ0n) is 14.3. The van der Waals surface area contributed by atoms with Crippen molar-refractivity contribution in [3.63, 3.8) is 0 Å². The molecule has 0 N–H and O–H groups in total. The lowest BCUT2D eigenvalue weighted by molar-refractivity contribution is -0.683. The monoisotopic (exact) mass is 383 g/mol. The van der Waals surface area contributed by atoms with Gasteiger partial charge in [-0.2, -0.15) is 4.57 Å². The van der Waals surface area contributed by atoms with Gasteiger partial charge in [0, 0.05) is 17.7 Å². The van der Waals surface area contributed by atoms with Crippen LogP contribution in [0.25, 0.3) is 10.8 Å². The molecule has 0 aliphatic carbocycles. The van der Waals surface area contributed by atoms with Crippen molar-refractivity contribution < 1.29 is 26.3 Å². The molecule has 124 valence electrons. The van der Waals surface area contributed by atoms with E-state index in [9.17, 15) is 4.79 Å². The standard InChI is InChI=1S/C21H22NO.BrH/c1-21(2,3)19-10-12-22(13-11-19)15-20(23)18-9-8-16-6-4-5-7-17(16)14-18;/h4-14H,15H2,1-3H3;1H/q+1;/p-1. The summed E-state index contributed by atoms with van der Waals surface area (Å²) < 4.78 is 1.94. The number of Topliss-reactive ketones (excluding diaryl/α,β-unsaturated/α-hetero) is 1. The fourth-order valence-corrected chi connectivity index (χ4v) is 2.68. The summed E-state index contributed by atoms with van der Waals surface area (Å²) in [6.07, 6.45) is 3.97. The number of carbonyl (C=O) groups is 1. The third kappa shape index (κ3) is 4.09. The van der Waals surface area contributed by atoms with Crippen LogP contribution in [-0.2, 0) is 12.0 Å². The Bertz CT molecular complexity index is 848. The van der Waals surface area contributed by atoms with Gasteiger partial charge in [-0.1, -0.05) is 57.2 Å². The van der Waals surface area contributed by atoms with Crippen molar-refractivity contribution in [2.45, 2.75) is 32.7 Å². The van der Waals surface area contributed by atoms with Crippen molar-refractivity contribution in [1.82, 2.24) is 0 Å². The van der Waals surface area contributed by atoms with Crippen LogP contribution in [0.5, 0.6) is 0 Å². The quantitative estimate of drug-likeness (QED) is 0.493. The van der Waals surface area contributed by atoms with E-state index in [4.69, 9.17) is 0 Å². The van der Waals surface area contributed by atoms with E-state index in [2.05, 4.69) is 39.0 Å². The number of pyridine rings is 1. The minimum atomic E-state index is 0. The summed E-state index contributed by atoms with van der Waals surface area (Å²) >= 11 is 0. The van der Waals surface area contributed by atoms with Gasteiger partial charge in [-0.25, -0.2) is 0 Å². The Morgan fingerprint density at radius 1 is 0.917 bits per heavy atom. The Morgan fingerprint density at radius 2 is 1.54 bits per heavy atom. The molecule has 0 fully saturated rings. The number of carbonyl (C=O) groups excluding carboxylic acids is 1. The lowest BCUT2D eigenvalue weighted by atomic mass is 9.88. The number of fused-ring (bicyclic) bond motifs is 1. The largest absolute Gasteiger partial charge is 1.00 e. The normalized spacial score (nSPS) is 11.1. The number of hydrogen-bond acceptors (Lipinski definition) is 1. The van der Waals surface area contributed by atoms with E-state index >= 15 is 0 Å². The maximum absolute atomic E-state index is 12.5. The van der Waals surface area contributed by atoms with Gasteiger partial charge in [0.1, 0.15) is 0 Å². The predicted molar refractivity (Wildman–Crippen MR) is 93.6 cm³/mol. The second-order valence-corrected chi connectivity index (χ2v) is 6.99. The fourth-order valence-electron chi connectivity index (χ4n) is 2.68. The third-order valence-electron chi connectivity index (χ3n) is 4.15. The molecule has 3 heteroatoms. The van der Waals surface area contributed by atoms with Gasteiger partial charge in [-0.15, -0.1) is 0 Å². The van der Waals surface area contributed by atoms with E-state index in [0.29, 0.717) is 6.54 Å². The van der Waals surface area contributed by atoms with Gasteiger partial charge in [-0.05, 0) is 27.8 Å². The summed E-state index contributed by atoms with van der Waals surface area (Å²) in [7, 11) is 0. The van der Waals surface area contributed by atoms with Crippen molar-refractivity contribution in [3.05, 3.63) is 78.1 Å². The Kier molecular flexibility index (Phi) is 5.55. The van der Waals surface area contributed by atoms with Crippen molar-refractivity contribution in [2.24, 2.45) is 0 Å². The highest BCUT2D eigenvalue weighted by Gasteiger charge is 2.17. The molecule has 0 atom stereocenters. The Labute approximate surface area is 153 Å². The minimum absolute atomic E-state index is 0. The molecule has 0 saturated heterocycles. The second-order valence-electron chi connectivity index (χ2n) is 6.99. The van der Waals surface area contributed by atoms with Crippen LogP contribution in [0.3, 0.4) is 0 Å². The maximum Gasteiger partial charge on any atom is 0.227 e. The molecule has 1 aromatic heterocycles. The summed E-state index contributed by atoms with van der Waals surface area (Å²) in [5.41, 5.74) is 2.16. The van der Waals surface area contributed by atoms with Gasteiger partial charge >= 0.3 is 0 Å². The van der Waals surface area contributed by atoms with Crippen LogP contribution < -0.4 is 21.5 Å². The molecule has 0 spiro atoms. The maximum atomic E-state index is 12.5. The molecule has 0 aliphatic rings. The number of halogens is 1. The zero-order valence-corrected chi connectivity index (χ0v) is 15.9. The smallest absolute Gasteiger partial charge is 0.227 e. The van der Waals surface area contributed by atoms with Crippen LogP contribution in [0.2, 0.25) is 0 Å². The molecule has 1 heterocycles. The van der Waals surface area contributed by atoms with Crippen LogP contribution >= 0.6 is 0 Å². The molecular formula is C21H22BrNO. The van der Waals surface area contributed by atoms with Gasteiger partial charge in [0.15, 0.2) is 12.4 Å². The highest BCUT2D eigenvalue weighted by Crippen LogP contribution is 2.20. The SMILES string of the molecule is CC(C)(C)c1cc[n+](CC(=O)c2ccc3ccccc3c2)cc1.[Br-]. The van der Waals surface area contributed by atoms with Crippen molar-refractivity contribution in [3.8, 4) is 0 Å². The molecule has 24 heavy (non-hydrogen) atoms. The number of hydrogen-bond donors (Lipinski definition) is 0. The van der Waals surface area contributed by atoms with E-state index in [1.54, 1.807) is 0 Å². The van der Waals surface area contributed by atoms with Crippen LogP contribution in [0.15, 0.2) is 67.0 Å². The number of ketones is 1. The first-order chi connectivity index (χ1) is 10.9. The number of rotatable bonds is 3. The molecule has 0 aliphatic heterocycles. The molecule has 3 aromatic rings. The molecule has 0 saturated carbocycles. The molecule has 2 nitrogen and oxygen atoms in total. The lowest BCUT2D eigenvalue weighted by Gasteiger charge is -2.17. The minimum Gasteiger partial charge on any atom is -1.00 e. The first kappa shape index (κ1) is 18.3. The van der Waals surface area contributed by atoms with E-state index in [0.717, 1.165) is 16.3 Å². The van der Waals surface area contributed by atoms with Crippen molar-refractivity contribution >= 4 is 16.6 Å². The van der Waals surface area contributed by atoms with Gasteiger partial charge in [-0.3, -0.25) is 4.79 Å². The summed E-state index contributed by atoms with van der Waals surface area (Å²) in [6.45, 7) is 6.93. The summed E-state index contributed by atoms with van der Waals surface area (Å²) in [5.74, 6) is 0.129. The van der Waals surface area contributed by atoms with Crippen molar-refractivity contribution in [1.29, 1.82) is 0 Å². The van der Waals surface area contributed by atoms with E-state index in [1.165, 1.54) is 5.56 Å². The predicted octanol–water partition coefficient (Wildman–Crippen LogP) is 1.31. The fraction of sp³-hybridized carbons (Fsp3) is 0.238. The molecule has 2 aromatic carbocycles. The molecule has 0 bridgehead atoms. The second kappa shape index (κ2) is 7.27.